The average Bonchev–Trinajstić information content (AvgIpc) is 3.63. The van der Waals surface area contributed by atoms with Gasteiger partial charge in [-0.15, -0.1) is 15.3 Å². The van der Waals surface area contributed by atoms with Crippen molar-refractivity contribution in [3.63, 3.8) is 0 Å². The molecule has 1 aliphatic heterocycles. The van der Waals surface area contributed by atoms with Gasteiger partial charge in [0.15, 0.2) is 29.2 Å². The average molecular weight is 523 g/mol. The van der Waals surface area contributed by atoms with E-state index in [0.29, 0.717) is 29.4 Å². The van der Waals surface area contributed by atoms with Gasteiger partial charge in [-0.25, -0.2) is 15.1 Å². The number of para-hydroxylation sites is 1. The third kappa shape index (κ3) is 5.73. The molecule has 3 heterocycles. The molecule has 1 atom stereocenters. The molecule has 2 aliphatic rings. The number of carbonyl (C=O) groups excluding carboxylic acids is 2. The van der Waals surface area contributed by atoms with Crippen LogP contribution in [0.5, 0.6) is 5.75 Å². The third-order valence-electron chi connectivity index (χ3n) is 6.15. The Morgan fingerprint density at radius 3 is 2.74 bits per heavy atom. The monoisotopic (exact) mass is 522 g/mol. The number of amides is 2. The fourth-order valence-corrected chi connectivity index (χ4v) is 4.08. The SMILES string of the molecule is CCONC(=O)c1nnc(C(=O)NC2CC2)cc1Nc1cccc(-c2ncn(C3CCCCO3)n2)c1OC. The smallest absolute Gasteiger partial charge is 0.297 e. The van der Waals surface area contributed by atoms with Crippen molar-refractivity contribution in [2.75, 3.05) is 25.6 Å². The van der Waals surface area contributed by atoms with E-state index in [1.807, 2.05) is 12.1 Å². The Morgan fingerprint density at radius 2 is 2.00 bits per heavy atom. The van der Waals surface area contributed by atoms with E-state index < -0.39 is 5.91 Å². The number of rotatable bonds is 10. The predicted molar refractivity (Wildman–Crippen MR) is 136 cm³/mol. The molecule has 1 aliphatic carbocycles. The maximum absolute atomic E-state index is 12.7. The molecule has 1 unspecified atom stereocenters. The van der Waals surface area contributed by atoms with Crippen molar-refractivity contribution in [2.45, 2.75) is 51.3 Å². The van der Waals surface area contributed by atoms with Crippen LogP contribution in [0.4, 0.5) is 11.4 Å². The summed E-state index contributed by atoms with van der Waals surface area (Å²) in [7, 11) is 1.53. The molecule has 0 radical (unpaired) electrons. The van der Waals surface area contributed by atoms with Gasteiger partial charge < -0.3 is 20.1 Å². The summed E-state index contributed by atoms with van der Waals surface area (Å²) < 4.78 is 13.3. The van der Waals surface area contributed by atoms with Gasteiger partial charge in [0.2, 0.25) is 0 Å². The molecular formula is C25H30N8O5. The molecular weight excluding hydrogens is 492 g/mol. The molecule has 2 aromatic heterocycles. The molecule has 13 heteroatoms. The number of hydroxylamine groups is 1. The van der Waals surface area contributed by atoms with Crippen LogP contribution in [0.25, 0.3) is 11.4 Å². The van der Waals surface area contributed by atoms with Crippen LogP contribution in [0.15, 0.2) is 30.6 Å². The molecule has 2 fully saturated rings. The summed E-state index contributed by atoms with van der Waals surface area (Å²) in [5.41, 5.74) is 3.75. The van der Waals surface area contributed by atoms with Gasteiger partial charge in [-0.05, 0) is 57.2 Å². The largest absolute Gasteiger partial charge is 0.494 e. The highest BCUT2D eigenvalue weighted by Gasteiger charge is 2.26. The minimum absolute atomic E-state index is 0.0503. The van der Waals surface area contributed by atoms with Crippen LogP contribution in [0, 0.1) is 0 Å². The second kappa shape index (κ2) is 11.5. The summed E-state index contributed by atoms with van der Waals surface area (Å²) in [6.45, 7) is 2.70. The van der Waals surface area contributed by atoms with Gasteiger partial charge in [0.25, 0.3) is 11.8 Å². The van der Waals surface area contributed by atoms with Gasteiger partial charge in [0.1, 0.15) is 6.33 Å². The number of anilines is 2. The van der Waals surface area contributed by atoms with Crippen LogP contribution in [0.2, 0.25) is 0 Å². The molecule has 0 spiro atoms. The normalized spacial score (nSPS) is 17.1. The van der Waals surface area contributed by atoms with Crippen LogP contribution in [0.3, 0.4) is 0 Å². The molecule has 1 saturated carbocycles. The fourth-order valence-electron chi connectivity index (χ4n) is 4.08. The minimum atomic E-state index is -0.612. The van der Waals surface area contributed by atoms with Gasteiger partial charge in [0, 0.05) is 12.6 Å². The Balaban J connectivity index is 1.46. The summed E-state index contributed by atoms with van der Waals surface area (Å²) in [6.07, 6.45) is 6.35. The van der Waals surface area contributed by atoms with Gasteiger partial charge in [-0.2, -0.15) is 0 Å². The zero-order valence-electron chi connectivity index (χ0n) is 21.3. The predicted octanol–water partition coefficient (Wildman–Crippen LogP) is 2.76. The lowest BCUT2D eigenvalue weighted by Crippen LogP contribution is -2.29. The number of carbonyl (C=O) groups is 2. The lowest BCUT2D eigenvalue weighted by molar-refractivity contribution is -0.0395. The first-order chi connectivity index (χ1) is 18.6. The number of aromatic nitrogens is 5. The van der Waals surface area contributed by atoms with E-state index in [4.69, 9.17) is 14.3 Å². The number of methoxy groups -OCH3 is 1. The van der Waals surface area contributed by atoms with Crippen LogP contribution in [-0.4, -0.2) is 63.1 Å². The molecule has 2 amide bonds. The van der Waals surface area contributed by atoms with Crippen LogP contribution in [-0.2, 0) is 9.57 Å². The highest BCUT2D eigenvalue weighted by Crippen LogP contribution is 2.37. The van der Waals surface area contributed by atoms with E-state index in [1.165, 1.54) is 13.2 Å². The van der Waals surface area contributed by atoms with Gasteiger partial charge in [-0.3, -0.25) is 14.4 Å². The Bertz CT molecular complexity index is 1300. The minimum Gasteiger partial charge on any atom is -0.494 e. The fraction of sp³-hybridized carbons (Fsp3) is 0.440. The first-order valence-corrected chi connectivity index (χ1v) is 12.6. The van der Waals surface area contributed by atoms with E-state index >= 15 is 0 Å². The molecule has 3 N–H and O–H groups in total. The third-order valence-corrected chi connectivity index (χ3v) is 6.15. The van der Waals surface area contributed by atoms with Crippen LogP contribution < -0.4 is 20.9 Å². The molecule has 3 aromatic rings. The van der Waals surface area contributed by atoms with Crippen LogP contribution >= 0.6 is 0 Å². The van der Waals surface area contributed by atoms with Crippen LogP contribution in [0.1, 0.15) is 66.2 Å². The zero-order chi connectivity index (χ0) is 26.5. The Kier molecular flexibility index (Phi) is 7.75. The second-order valence-corrected chi connectivity index (χ2v) is 8.98. The lowest BCUT2D eigenvalue weighted by Gasteiger charge is -2.22. The number of benzene rings is 1. The van der Waals surface area contributed by atoms with E-state index in [-0.39, 0.29) is 41.9 Å². The zero-order valence-corrected chi connectivity index (χ0v) is 21.3. The quantitative estimate of drug-likeness (QED) is 0.339. The highest BCUT2D eigenvalue weighted by molar-refractivity contribution is 6.00. The maximum Gasteiger partial charge on any atom is 0.297 e. The lowest BCUT2D eigenvalue weighted by atomic mass is 10.1. The number of nitrogens with one attached hydrogen (secondary N) is 3. The van der Waals surface area contributed by atoms with E-state index in [0.717, 1.165) is 32.1 Å². The van der Waals surface area contributed by atoms with Crippen molar-refractivity contribution in [3.8, 4) is 17.1 Å². The Hall–Kier alpha value is -4.10. The van der Waals surface area contributed by atoms with E-state index in [2.05, 4.69) is 36.4 Å². The summed E-state index contributed by atoms with van der Waals surface area (Å²) >= 11 is 0. The first-order valence-electron chi connectivity index (χ1n) is 12.6. The first kappa shape index (κ1) is 25.5. The van der Waals surface area contributed by atoms with Gasteiger partial charge in [-0.1, -0.05) is 6.07 Å². The molecule has 1 aromatic carbocycles. The van der Waals surface area contributed by atoms with Crippen molar-refractivity contribution >= 4 is 23.2 Å². The molecule has 13 nitrogen and oxygen atoms in total. The van der Waals surface area contributed by atoms with Gasteiger partial charge in [0.05, 0.1) is 30.7 Å². The number of nitrogens with zero attached hydrogens (tertiary/aromatic N) is 5. The topological polar surface area (TPSA) is 154 Å². The number of hydrogen-bond donors (Lipinski definition) is 3. The molecule has 5 rings (SSSR count). The number of hydrogen-bond acceptors (Lipinski definition) is 10. The standard InChI is InChI=1S/C25H30N8O5/c1-3-38-32-25(35)21-18(13-19(29-30-21)24(34)27-15-10-11-15)28-17-8-6-7-16(22(17)36-2)23-26-14-33(31-23)20-9-4-5-12-37-20/h6-8,13-15,20H,3-5,9-12H2,1-2H3,(H,27,34)(H,28,29)(H,32,35). The summed E-state index contributed by atoms with van der Waals surface area (Å²) in [5.74, 6) is -0.0580. The van der Waals surface area contributed by atoms with Crippen molar-refractivity contribution < 1.29 is 23.9 Å². The van der Waals surface area contributed by atoms with E-state index in [9.17, 15) is 9.59 Å². The molecule has 0 bridgehead atoms. The summed E-state index contributed by atoms with van der Waals surface area (Å²) in [6, 6.07) is 7.05. The summed E-state index contributed by atoms with van der Waals surface area (Å²) in [4.78, 5) is 34.9. The molecule has 1 saturated heterocycles. The molecule has 200 valence electrons. The number of ether oxygens (including phenoxy) is 2. The van der Waals surface area contributed by atoms with E-state index in [1.54, 1.807) is 24.0 Å². The van der Waals surface area contributed by atoms with Crippen molar-refractivity contribution in [1.29, 1.82) is 0 Å². The van der Waals surface area contributed by atoms with Crippen molar-refractivity contribution in [3.05, 3.63) is 42.0 Å². The Morgan fingerprint density at radius 1 is 1.13 bits per heavy atom. The summed E-state index contributed by atoms with van der Waals surface area (Å²) in [5, 5.41) is 18.7. The van der Waals surface area contributed by atoms with Gasteiger partial charge >= 0.3 is 0 Å². The second-order valence-electron chi connectivity index (χ2n) is 8.98. The van der Waals surface area contributed by atoms with Crippen molar-refractivity contribution in [1.82, 2.24) is 35.8 Å². The Labute approximate surface area is 219 Å². The van der Waals surface area contributed by atoms with Crippen molar-refractivity contribution in [2.24, 2.45) is 0 Å². The maximum atomic E-state index is 12.7. The highest BCUT2D eigenvalue weighted by atomic mass is 16.6. The molecule has 38 heavy (non-hydrogen) atoms.